The number of aryl methyl sites for hydroxylation is 2. The number of piperazine rings is 1. The van der Waals surface area contributed by atoms with E-state index in [0.29, 0.717) is 12.8 Å². The van der Waals surface area contributed by atoms with Crippen LogP contribution in [0.4, 0.5) is 0 Å². The Hall–Kier alpha value is -3.54. The summed E-state index contributed by atoms with van der Waals surface area (Å²) in [6.45, 7) is 0. The number of nitrogens with one attached hydrogen (secondary N) is 2. The van der Waals surface area contributed by atoms with Crippen LogP contribution in [0.1, 0.15) is 11.1 Å². The molecule has 2 aromatic carbocycles. The number of carbonyl (C=O) groups is 2. The lowest BCUT2D eigenvalue weighted by atomic mass is 9.98. The summed E-state index contributed by atoms with van der Waals surface area (Å²) in [6, 6.07) is 15.1. The first-order valence-electron chi connectivity index (χ1n) is 10.2. The summed E-state index contributed by atoms with van der Waals surface area (Å²) < 4.78 is 4.10. The maximum atomic E-state index is 12.8. The van der Waals surface area contributed by atoms with Crippen molar-refractivity contribution in [3.63, 3.8) is 0 Å². The van der Waals surface area contributed by atoms with E-state index < -0.39 is 12.1 Å². The molecule has 1 saturated heterocycles. The number of hydrogen-bond acceptors (Lipinski definition) is 2. The third-order valence-electron chi connectivity index (χ3n) is 6.07. The van der Waals surface area contributed by atoms with Crippen molar-refractivity contribution in [2.45, 2.75) is 24.9 Å². The molecule has 0 radical (unpaired) electrons. The smallest absolute Gasteiger partial charge is 0.243 e. The third kappa shape index (κ3) is 3.05. The van der Waals surface area contributed by atoms with Gasteiger partial charge in [-0.05, 0) is 23.3 Å². The molecule has 4 aromatic rings. The number of benzene rings is 2. The van der Waals surface area contributed by atoms with Crippen LogP contribution < -0.4 is 10.6 Å². The molecule has 2 aromatic heterocycles. The fourth-order valence-electron chi connectivity index (χ4n) is 4.58. The largest absolute Gasteiger partial charge is 0.350 e. The van der Waals surface area contributed by atoms with E-state index >= 15 is 0 Å². The molecule has 0 unspecified atom stereocenters. The molecule has 3 heterocycles. The Kier molecular flexibility index (Phi) is 4.35. The standard InChI is InChI=1S/C24H24N4O2/c1-27-13-15(17-7-3-5-9-21(17)27)11-19-23(29)26-20(24(30)25-19)12-16-14-28(2)22-10-6-4-8-18(16)22/h3-10,13-14,19-20H,11-12H2,1-2H3,(H,25,30)(H,26,29)/t19-,20-/m1/s1. The van der Waals surface area contributed by atoms with Gasteiger partial charge in [0.25, 0.3) is 0 Å². The number of aromatic nitrogens is 2. The van der Waals surface area contributed by atoms with Gasteiger partial charge in [0.2, 0.25) is 11.8 Å². The summed E-state index contributed by atoms with van der Waals surface area (Å²) in [5, 5.41) is 8.12. The van der Waals surface area contributed by atoms with Gasteiger partial charge in [-0.1, -0.05) is 36.4 Å². The first kappa shape index (κ1) is 18.5. The van der Waals surface area contributed by atoms with Gasteiger partial charge in [0, 0.05) is 61.1 Å². The van der Waals surface area contributed by atoms with Crippen LogP contribution in [0, 0.1) is 0 Å². The Labute approximate surface area is 174 Å². The highest BCUT2D eigenvalue weighted by molar-refractivity contribution is 5.98. The lowest BCUT2D eigenvalue weighted by Gasteiger charge is -2.29. The molecular formula is C24H24N4O2. The first-order chi connectivity index (χ1) is 14.5. The van der Waals surface area contributed by atoms with Gasteiger partial charge >= 0.3 is 0 Å². The zero-order valence-electron chi connectivity index (χ0n) is 17.1. The number of fused-ring (bicyclic) bond motifs is 2. The predicted octanol–water partition coefficient (Wildman–Crippen LogP) is 2.44. The minimum absolute atomic E-state index is 0.132. The number of nitrogens with zero attached hydrogens (tertiary/aromatic N) is 2. The van der Waals surface area contributed by atoms with E-state index in [1.807, 2.05) is 50.8 Å². The second kappa shape index (κ2) is 7.06. The van der Waals surface area contributed by atoms with Crippen molar-refractivity contribution in [2.75, 3.05) is 0 Å². The van der Waals surface area contributed by atoms with Crippen molar-refractivity contribution in [2.24, 2.45) is 14.1 Å². The summed E-state index contributed by atoms with van der Waals surface area (Å²) in [4.78, 5) is 25.6. The molecule has 1 fully saturated rings. The van der Waals surface area contributed by atoms with Gasteiger partial charge < -0.3 is 19.8 Å². The number of amides is 2. The van der Waals surface area contributed by atoms with Crippen molar-refractivity contribution in [3.05, 3.63) is 72.1 Å². The zero-order chi connectivity index (χ0) is 20.8. The molecule has 6 nitrogen and oxygen atoms in total. The third-order valence-corrected chi connectivity index (χ3v) is 6.07. The fourth-order valence-corrected chi connectivity index (χ4v) is 4.58. The maximum absolute atomic E-state index is 12.8. The van der Waals surface area contributed by atoms with E-state index in [2.05, 4.69) is 44.0 Å². The quantitative estimate of drug-likeness (QED) is 0.553. The molecule has 30 heavy (non-hydrogen) atoms. The van der Waals surface area contributed by atoms with E-state index in [1.54, 1.807) is 0 Å². The van der Waals surface area contributed by atoms with Crippen LogP contribution in [0.15, 0.2) is 60.9 Å². The molecule has 2 atom stereocenters. The van der Waals surface area contributed by atoms with Crippen molar-refractivity contribution in [3.8, 4) is 0 Å². The lowest BCUT2D eigenvalue weighted by molar-refractivity contribution is -0.136. The van der Waals surface area contributed by atoms with Crippen molar-refractivity contribution >= 4 is 33.6 Å². The SMILES string of the molecule is Cn1cc(C[C@H]2NC(=O)[C@@H](Cc3cn(C)c4ccccc34)NC2=O)c2ccccc21. The fraction of sp³-hybridized carbons (Fsp3) is 0.250. The zero-order valence-corrected chi connectivity index (χ0v) is 17.1. The van der Waals surface area contributed by atoms with Crippen LogP contribution in [0.2, 0.25) is 0 Å². The van der Waals surface area contributed by atoms with Crippen LogP contribution in [0.3, 0.4) is 0 Å². The number of rotatable bonds is 4. The summed E-state index contributed by atoms with van der Waals surface area (Å²) >= 11 is 0. The van der Waals surface area contributed by atoms with Crippen LogP contribution in [0.5, 0.6) is 0 Å². The van der Waals surface area contributed by atoms with E-state index in [1.165, 1.54) is 0 Å². The van der Waals surface area contributed by atoms with Gasteiger partial charge in [-0.3, -0.25) is 9.59 Å². The topological polar surface area (TPSA) is 68.1 Å². The van der Waals surface area contributed by atoms with Crippen LogP contribution in [-0.4, -0.2) is 33.0 Å². The molecular weight excluding hydrogens is 376 g/mol. The minimum atomic E-state index is -0.563. The van der Waals surface area contributed by atoms with E-state index in [9.17, 15) is 9.59 Å². The normalized spacial score (nSPS) is 19.3. The molecule has 0 saturated carbocycles. The highest BCUT2D eigenvalue weighted by atomic mass is 16.2. The van der Waals surface area contributed by atoms with Gasteiger partial charge in [-0.2, -0.15) is 0 Å². The summed E-state index contributed by atoms with van der Waals surface area (Å²) in [6.07, 6.45) is 5.01. The van der Waals surface area contributed by atoms with E-state index in [0.717, 1.165) is 32.9 Å². The molecule has 0 aliphatic carbocycles. The summed E-state index contributed by atoms with van der Waals surface area (Å²) in [5.41, 5.74) is 4.34. The minimum Gasteiger partial charge on any atom is -0.350 e. The van der Waals surface area contributed by atoms with Crippen LogP contribution >= 0.6 is 0 Å². The Bertz CT molecular complexity index is 1180. The van der Waals surface area contributed by atoms with Crippen LogP contribution in [-0.2, 0) is 36.5 Å². The van der Waals surface area contributed by atoms with Gasteiger partial charge in [0.15, 0.2) is 0 Å². The molecule has 1 aliphatic heterocycles. The van der Waals surface area contributed by atoms with E-state index in [-0.39, 0.29) is 11.8 Å². The number of para-hydroxylation sites is 2. The number of hydrogen-bond donors (Lipinski definition) is 2. The monoisotopic (exact) mass is 400 g/mol. The lowest BCUT2D eigenvalue weighted by Crippen LogP contribution is -2.62. The Balaban J connectivity index is 1.34. The van der Waals surface area contributed by atoms with Crippen molar-refractivity contribution in [1.29, 1.82) is 0 Å². The van der Waals surface area contributed by atoms with Gasteiger partial charge in [-0.25, -0.2) is 0 Å². The van der Waals surface area contributed by atoms with Crippen molar-refractivity contribution < 1.29 is 9.59 Å². The average Bonchev–Trinajstić information content (AvgIpc) is 3.23. The predicted molar refractivity (Wildman–Crippen MR) is 117 cm³/mol. The summed E-state index contributed by atoms with van der Waals surface area (Å²) in [7, 11) is 3.98. The second-order valence-corrected chi connectivity index (χ2v) is 8.10. The highest BCUT2D eigenvalue weighted by Gasteiger charge is 2.34. The Morgan fingerprint density at radius 3 is 1.53 bits per heavy atom. The molecule has 1 aliphatic rings. The highest BCUT2D eigenvalue weighted by Crippen LogP contribution is 2.24. The molecule has 6 heteroatoms. The summed E-state index contributed by atoms with van der Waals surface area (Å²) in [5.74, 6) is -0.263. The van der Waals surface area contributed by atoms with E-state index in [4.69, 9.17) is 0 Å². The second-order valence-electron chi connectivity index (χ2n) is 8.10. The molecule has 2 amide bonds. The number of carbonyl (C=O) groups excluding carboxylic acids is 2. The van der Waals surface area contributed by atoms with Gasteiger partial charge in [0.05, 0.1) is 0 Å². The molecule has 0 bridgehead atoms. The van der Waals surface area contributed by atoms with Crippen LogP contribution in [0.25, 0.3) is 21.8 Å². The molecule has 2 N–H and O–H groups in total. The Morgan fingerprint density at radius 2 is 1.10 bits per heavy atom. The molecule has 152 valence electrons. The van der Waals surface area contributed by atoms with Crippen molar-refractivity contribution in [1.82, 2.24) is 19.8 Å². The average molecular weight is 400 g/mol. The molecule has 5 rings (SSSR count). The van der Waals surface area contributed by atoms with Gasteiger partial charge in [-0.15, -0.1) is 0 Å². The first-order valence-corrected chi connectivity index (χ1v) is 10.2. The van der Waals surface area contributed by atoms with Gasteiger partial charge in [0.1, 0.15) is 12.1 Å². The Morgan fingerprint density at radius 1 is 0.700 bits per heavy atom. The molecule has 0 spiro atoms. The maximum Gasteiger partial charge on any atom is 0.243 e.